The van der Waals surface area contributed by atoms with Gasteiger partial charge in [-0.1, -0.05) is 0 Å². The maximum absolute atomic E-state index is 10.3. The number of esters is 1. The molecular weight excluding hydrogens is 176 g/mol. The van der Waals surface area contributed by atoms with Gasteiger partial charge in [-0.2, -0.15) is 8.42 Å². The molecule has 0 atom stereocenters. The van der Waals surface area contributed by atoms with Crippen molar-refractivity contribution in [2.24, 2.45) is 0 Å². The summed E-state index contributed by atoms with van der Waals surface area (Å²) in [7, 11) is -3.27. The lowest BCUT2D eigenvalue weighted by Crippen LogP contribution is -2.09. The highest BCUT2D eigenvalue weighted by Crippen LogP contribution is 1.90. The Morgan fingerprint density at radius 2 is 2.09 bits per heavy atom. The van der Waals surface area contributed by atoms with Gasteiger partial charge in [-0.25, -0.2) is 4.18 Å². The first-order valence-electron chi connectivity index (χ1n) is 2.64. The zero-order valence-corrected chi connectivity index (χ0v) is 6.63. The van der Waals surface area contributed by atoms with Crippen LogP contribution < -0.4 is 0 Å². The van der Waals surface area contributed by atoms with Gasteiger partial charge >= 0.3 is 16.4 Å². The summed E-state index contributed by atoms with van der Waals surface area (Å²) >= 11 is 0. The average Bonchev–Trinajstić information content (AvgIpc) is 1.85. The third-order valence-corrected chi connectivity index (χ3v) is 1.23. The Kier molecular flexibility index (Phi) is 4.01. The van der Waals surface area contributed by atoms with E-state index in [0.29, 0.717) is 0 Å². The second-order valence-corrected chi connectivity index (χ2v) is 2.67. The normalized spacial score (nSPS) is 11.1. The maximum Gasteiger partial charge on any atom is 0.397 e. The van der Waals surface area contributed by atoms with E-state index in [1.165, 1.54) is 0 Å². The predicted molar refractivity (Wildman–Crippen MR) is 34.1 cm³/mol. The van der Waals surface area contributed by atoms with Crippen LogP contribution in [0.4, 0.5) is 0 Å². The van der Waals surface area contributed by atoms with E-state index in [4.69, 9.17) is 4.55 Å². The molecule has 0 saturated carbocycles. The van der Waals surface area contributed by atoms with Gasteiger partial charge in [-0.05, 0) is 0 Å². The molecule has 6 nitrogen and oxygen atoms in total. The van der Waals surface area contributed by atoms with E-state index in [1.807, 2.05) is 0 Å². The van der Waals surface area contributed by atoms with Gasteiger partial charge in [0, 0.05) is 0 Å². The Morgan fingerprint density at radius 3 is 2.45 bits per heavy atom. The third kappa shape index (κ3) is 7.23. The zero-order chi connectivity index (χ0) is 8.91. The van der Waals surface area contributed by atoms with Gasteiger partial charge in [0.25, 0.3) is 0 Å². The van der Waals surface area contributed by atoms with Gasteiger partial charge in [-0.3, -0.25) is 9.35 Å². The van der Waals surface area contributed by atoms with Gasteiger partial charge < -0.3 is 4.74 Å². The van der Waals surface area contributed by atoms with Crippen molar-refractivity contribution in [2.45, 2.75) is 6.42 Å². The second-order valence-electron chi connectivity index (χ2n) is 1.58. The standard InChI is InChI=1S/C4H8O6S/c1-9-4(5)2-3-10-11(6,7)8/h2-3H2,1H3,(H,6,7,8). The fourth-order valence-corrected chi connectivity index (χ4v) is 0.626. The van der Waals surface area contributed by atoms with Crippen LogP contribution in [0.2, 0.25) is 0 Å². The molecule has 0 aromatic carbocycles. The molecule has 66 valence electrons. The molecule has 1 N–H and O–H groups in total. The van der Waals surface area contributed by atoms with Crippen molar-refractivity contribution in [3.63, 3.8) is 0 Å². The number of rotatable bonds is 4. The molecular formula is C4H8O6S. The zero-order valence-electron chi connectivity index (χ0n) is 5.81. The molecule has 0 aromatic heterocycles. The SMILES string of the molecule is COC(=O)CCOS(=O)(=O)O. The van der Waals surface area contributed by atoms with E-state index in [9.17, 15) is 13.2 Å². The molecule has 0 fully saturated rings. The number of hydrogen-bond donors (Lipinski definition) is 1. The lowest BCUT2D eigenvalue weighted by molar-refractivity contribution is -0.141. The van der Waals surface area contributed by atoms with Gasteiger partial charge in [0.15, 0.2) is 0 Å². The minimum atomic E-state index is -4.44. The minimum Gasteiger partial charge on any atom is -0.469 e. The summed E-state index contributed by atoms with van der Waals surface area (Å²) in [6, 6.07) is 0. The van der Waals surface area contributed by atoms with Crippen LogP contribution in [0, 0.1) is 0 Å². The highest BCUT2D eigenvalue weighted by molar-refractivity contribution is 7.80. The Morgan fingerprint density at radius 1 is 1.55 bits per heavy atom. The molecule has 0 aliphatic rings. The fraction of sp³-hybridized carbons (Fsp3) is 0.750. The largest absolute Gasteiger partial charge is 0.469 e. The summed E-state index contributed by atoms with van der Waals surface area (Å²) in [6.07, 6.45) is -0.212. The van der Waals surface area contributed by atoms with Gasteiger partial charge in [0.2, 0.25) is 0 Å². The van der Waals surface area contributed by atoms with Crippen LogP contribution in [0.1, 0.15) is 6.42 Å². The Hall–Kier alpha value is -0.660. The quantitative estimate of drug-likeness (QED) is 0.462. The summed E-state index contributed by atoms with van der Waals surface area (Å²) in [5.74, 6) is -0.603. The van der Waals surface area contributed by atoms with Crippen molar-refractivity contribution < 1.29 is 26.7 Å². The first-order chi connectivity index (χ1) is 4.95. The van der Waals surface area contributed by atoms with Crippen LogP contribution in [0.25, 0.3) is 0 Å². The molecule has 0 saturated heterocycles. The van der Waals surface area contributed by atoms with Gasteiger partial charge in [0.1, 0.15) is 0 Å². The summed E-state index contributed by atoms with van der Waals surface area (Å²) in [6.45, 7) is -0.411. The number of methoxy groups -OCH3 is 1. The molecule has 7 heteroatoms. The van der Waals surface area contributed by atoms with Crippen LogP contribution in [0.15, 0.2) is 0 Å². The van der Waals surface area contributed by atoms with Crippen molar-refractivity contribution in [1.82, 2.24) is 0 Å². The van der Waals surface area contributed by atoms with E-state index in [2.05, 4.69) is 8.92 Å². The van der Waals surface area contributed by atoms with Crippen molar-refractivity contribution in [1.29, 1.82) is 0 Å². The lowest BCUT2D eigenvalue weighted by Gasteiger charge is -1.97. The highest BCUT2D eigenvalue weighted by Gasteiger charge is 2.06. The first kappa shape index (κ1) is 10.3. The second kappa shape index (κ2) is 4.27. The maximum atomic E-state index is 10.3. The van der Waals surface area contributed by atoms with Gasteiger partial charge in [-0.15, -0.1) is 0 Å². The number of ether oxygens (including phenoxy) is 1. The summed E-state index contributed by atoms with van der Waals surface area (Å²) in [4.78, 5) is 10.3. The van der Waals surface area contributed by atoms with E-state index >= 15 is 0 Å². The lowest BCUT2D eigenvalue weighted by atomic mass is 10.5. The van der Waals surface area contributed by atoms with Crippen LogP contribution in [0.5, 0.6) is 0 Å². The first-order valence-corrected chi connectivity index (χ1v) is 4.01. The topological polar surface area (TPSA) is 89.9 Å². The number of carbonyl (C=O) groups is 1. The Labute approximate surface area is 64.1 Å². The van der Waals surface area contributed by atoms with Crippen LogP contribution in [0.3, 0.4) is 0 Å². The molecule has 11 heavy (non-hydrogen) atoms. The smallest absolute Gasteiger partial charge is 0.397 e. The van der Waals surface area contributed by atoms with E-state index < -0.39 is 23.0 Å². The number of hydrogen-bond acceptors (Lipinski definition) is 5. The molecule has 0 aliphatic heterocycles. The fourth-order valence-electron chi connectivity index (χ4n) is 0.332. The van der Waals surface area contributed by atoms with E-state index in [1.54, 1.807) is 0 Å². The Bertz CT molecular complexity index is 217. The molecule has 0 amide bonds. The predicted octanol–water partition coefficient (Wildman–Crippen LogP) is -0.631. The summed E-state index contributed by atoms with van der Waals surface area (Å²) in [5, 5.41) is 0. The minimum absolute atomic E-state index is 0.212. The summed E-state index contributed by atoms with van der Waals surface area (Å²) in [5.41, 5.74) is 0. The molecule has 0 heterocycles. The average molecular weight is 184 g/mol. The molecule has 0 rings (SSSR count). The van der Waals surface area contributed by atoms with Crippen molar-refractivity contribution in [2.75, 3.05) is 13.7 Å². The monoisotopic (exact) mass is 184 g/mol. The summed E-state index contributed by atoms with van der Waals surface area (Å²) < 4.78 is 35.8. The molecule has 0 spiro atoms. The van der Waals surface area contributed by atoms with Crippen molar-refractivity contribution in [3.05, 3.63) is 0 Å². The molecule has 0 bridgehead atoms. The van der Waals surface area contributed by atoms with E-state index in [-0.39, 0.29) is 6.42 Å². The third-order valence-electron chi connectivity index (χ3n) is 0.766. The van der Waals surface area contributed by atoms with E-state index in [0.717, 1.165) is 7.11 Å². The molecule has 0 aromatic rings. The van der Waals surface area contributed by atoms with Crippen LogP contribution in [-0.2, 0) is 24.1 Å². The van der Waals surface area contributed by atoms with Crippen molar-refractivity contribution >= 4 is 16.4 Å². The Balaban J connectivity index is 3.51. The molecule has 0 aliphatic carbocycles. The molecule has 0 unspecified atom stereocenters. The van der Waals surface area contributed by atoms with Crippen LogP contribution >= 0.6 is 0 Å². The van der Waals surface area contributed by atoms with Crippen LogP contribution in [-0.4, -0.2) is 32.7 Å². The van der Waals surface area contributed by atoms with Gasteiger partial charge in [0.05, 0.1) is 20.1 Å². The van der Waals surface area contributed by atoms with Crippen molar-refractivity contribution in [3.8, 4) is 0 Å². The molecule has 0 radical (unpaired) electrons. The number of carbonyl (C=O) groups excluding carboxylic acids is 1. The highest BCUT2D eigenvalue weighted by atomic mass is 32.3.